The summed E-state index contributed by atoms with van der Waals surface area (Å²) in [5, 5.41) is 15.5. The van der Waals surface area contributed by atoms with E-state index in [2.05, 4.69) is 20.3 Å². The fourth-order valence-corrected chi connectivity index (χ4v) is 4.33. The second-order valence-electron chi connectivity index (χ2n) is 5.66. The van der Waals surface area contributed by atoms with Crippen molar-refractivity contribution in [2.45, 2.75) is 16.8 Å². The maximum Gasteiger partial charge on any atom is 0.344 e. The van der Waals surface area contributed by atoms with Gasteiger partial charge in [-0.3, -0.25) is 10.1 Å². The quantitative estimate of drug-likeness (QED) is 0.282. The highest BCUT2D eigenvalue weighted by Gasteiger charge is 2.24. The van der Waals surface area contributed by atoms with Crippen LogP contribution in [0.1, 0.15) is 5.56 Å². The highest BCUT2D eigenvalue weighted by atomic mass is 32.2. The second-order valence-corrected chi connectivity index (χ2v) is 7.76. The van der Waals surface area contributed by atoms with Gasteiger partial charge in [-0.1, -0.05) is 47.4 Å². The van der Waals surface area contributed by atoms with Crippen LogP contribution >= 0.6 is 23.1 Å². The summed E-state index contributed by atoms with van der Waals surface area (Å²) in [6.45, 7) is 2.01. The predicted octanol–water partition coefficient (Wildman–Crippen LogP) is 5.20. The molecular formula is C18H13N5O2S2. The molecule has 2 aromatic heterocycles. The van der Waals surface area contributed by atoms with Crippen LogP contribution in [0.2, 0.25) is 0 Å². The lowest BCUT2D eigenvalue weighted by Crippen LogP contribution is -2.02. The Hall–Kier alpha value is -3.04. The van der Waals surface area contributed by atoms with Crippen LogP contribution in [0.3, 0.4) is 0 Å². The van der Waals surface area contributed by atoms with Gasteiger partial charge in [-0.25, -0.2) is 15.0 Å². The number of hydrogen-bond donors (Lipinski definition) is 1. The molecule has 0 unspecified atom stereocenters. The van der Waals surface area contributed by atoms with E-state index < -0.39 is 4.92 Å². The summed E-state index contributed by atoms with van der Waals surface area (Å²) in [6.07, 6.45) is 1.32. The summed E-state index contributed by atoms with van der Waals surface area (Å²) in [6, 6.07) is 15.3. The van der Waals surface area contributed by atoms with E-state index >= 15 is 0 Å². The summed E-state index contributed by atoms with van der Waals surface area (Å²) in [5.74, 6) is 0.129. The monoisotopic (exact) mass is 395 g/mol. The SMILES string of the molecule is Cc1ccc2nc(Nc3ncnc(Sc4ccccc4)c3[N+](=O)[O-])sc2c1. The van der Waals surface area contributed by atoms with E-state index in [0.29, 0.717) is 5.13 Å². The maximum atomic E-state index is 11.7. The van der Waals surface area contributed by atoms with E-state index in [-0.39, 0.29) is 16.5 Å². The minimum atomic E-state index is -0.467. The Bertz CT molecular complexity index is 1130. The number of nitrogens with zero attached hydrogens (tertiary/aromatic N) is 4. The number of fused-ring (bicyclic) bond motifs is 1. The van der Waals surface area contributed by atoms with Gasteiger partial charge in [-0.2, -0.15) is 0 Å². The summed E-state index contributed by atoms with van der Waals surface area (Å²) < 4.78 is 1.01. The van der Waals surface area contributed by atoms with Crippen LogP contribution in [-0.2, 0) is 0 Å². The Morgan fingerprint density at radius 2 is 1.96 bits per heavy atom. The van der Waals surface area contributed by atoms with Gasteiger partial charge in [-0.15, -0.1) is 0 Å². The molecule has 0 aliphatic heterocycles. The molecule has 2 aromatic carbocycles. The van der Waals surface area contributed by atoms with Crippen LogP contribution in [-0.4, -0.2) is 19.9 Å². The Labute approximate surface area is 162 Å². The molecule has 27 heavy (non-hydrogen) atoms. The van der Waals surface area contributed by atoms with E-state index in [0.717, 1.165) is 20.7 Å². The van der Waals surface area contributed by atoms with Gasteiger partial charge in [0.25, 0.3) is 0 Å². The molecule has 9 heteroatoms. The average Bonchev–Trinajstić information content (AvgIpc) is 3.04. The number of benzene rings is 2. The highest BCUT2D eigenvalue weighted by molar-refractivity contribution is 7.99. The summed E-state index contributed by atoms with van der Waals surface area (Å²) in [4.78, 5) is 24.8. The number of rotatable bonds is 5. The van der Waals surface area contributed by atoms with Gasteiger partial charge in [0.2, 0.25) is 5.82 Å². The number of nitrogens with one attached hydrogen (secondary N) is 1. The molecule has 0 saturated carbocycles. The zero-order valence-electron chi connectivity index (χ0n) is 14.1. The van der Waals surface area contributed by atoms with Crippen molar-refractivity contribution in [3.63, 3.8) is 0 Å². The van der Waals surface area contributed by atoms with E-state index in [1.165, 1.54) is 29.4 Å². The molecule has 7 nitrogen and oxygen atoms in total. The standard InChI is InChI=1S/C18H13N5O2S2/c1-11-7-8-13-14(9-11)27-18(21-13)22-16-15(23(24)25)17(20-10-19-16)26-12-5-3-2-4-6-12/h2-10H,1H3,(H,19,20,21,22). The predicted molar refractivity (Wildman–Crippen MR) is 107 cm³/mol. The van der Waals surface area contributed by atoms with Crippen molar-refractivity contribution in [2.75, 3.05) is 5.32 Å². The Kier molecular flexibility index (Phi) is 4.69. The van der Waals surface area contributed by atoms with Crippen molar-refractivity contribution >= 4 is 50.0 Å². The van der Waals surface area contributed by atoms with Crippen molar-refractivity contribution in [3.05, 3.63) is 70.5 Å². The average molecular weight is 395 g/mol. The van der Waals surface area contributed by atoms with Crippen molar-refractivity contribution < 1.29 is 4.92 Å². The molecule has 0 atom stereocenters. The molecule has 4 rings (SSSR count). The van der Waals surface area contributed by atoms with Crippen LogP contribution in [0.5, 0.6) is 0 Å². The first kappa shape index (κ1) is 17.4. The number of anilines is 2. The fraction of sp³-hybridized carbons (Fsp3) is 0.0556. The largest absolute Gasteiger partial charge is 0.344 e. The molecule has 2 heterocycles. The van der Waals surface area contributed by atoms with Crippen LogP contribution in [0.15, 0.2) is 64.8 Å². The van der Waals surface area contributed by atoms with Crippen LogP contribution in [0.4, 0.5) is 16.6 Å². The third-order valence-electron chi connectivity index (χ3n) is 3.70. The smallest absolute Gasteiger partial charge is 0.310 e. The minimum Gasteiger partial charge on any atom is -0.310 e. The first-order chi connectivity index (χ1) is 13.1. The lowest BCUT2D eigenvalue weighted by Gasteiger charge is -2.06. The number of aryl methyl sites for hydroxylation is 1. The molecule has 0 bridgehead atoms. The zero-order chi connectivity index (χ0) is 18.8. The highest BCUT2D eigenvalue weighted by Crippen LogP contribution is 2.38. The molecule has 0 radical (unpaired) electrons. The molecule has 0 fully saturated rings. The van der Waals surface area contributed by atoms with Crippen LogP contribution in [0, 0.1) is 17.0 Å². The van der Waals surface area contributed by atoms with Crippen molar-refractivity contribution in [3.8, 4) is 0 Å². The Balaban J connectivity index is 1.71. The van der Waals surface area contributed by atoms with Crippen molar-refractivity contribution in [1.29, 1.82) is 0 Å². The third-order valence-corrected chi connectivity index (χ3v) is 5.63. The lowest BCUT2D eigenvalue weighted by molar-refractivity contribution is -0.387. The minimum absolute atomic E-state index is 0.129. The van der Waals surface area contributed by atoms with E-state index in [4.69, 9.17) is 0 Å². The van der Waals surface area contributed by atoms with E-state index in [1.54, 1.807) is 0 Å². The summed E-state index contributed by atoms with van der Waals surface area (Å²) >= 11 is 2.65. The van der Waals surface area contributed by atoms with Crippen molar-refractivity contribution in [2.24, 2.45) is 0 Å². The molecule has 0 saturated heterocycles. The summed E-state index contributed by atoms with van der Waals surface area (Å²) in [7, 11) is 0. The first-order valence-electron chi connectivity index (χ1n) is 7.96. The maximum absolute atomic E-state index is 11.7. The van der Waals surface area contributed by atoms with Crippen molar-refractivity contribution in [1.82, 2.24) is 15.0 Å². The number of thiazole rings is 1. The third kappa shape index (κ3) is 3.74. The normalized spacial score (nSPS) is 10.9. The molecule has 134 valence electrons. The summed E-state index contributed by atoms with van der Waals surface area (Å²) in [5.41, 5.74) is 1.80. The molecular weight excluding hydrogens is 382 g/mol. The van der Waals surface area contributed by atoms with E-state index in [9.17, 15) is 10.1 Å². The number of aromatic nitrogens is 3. The molecule has 0 spiro atoms. The van der Waals surface area contributed by atoms with Gasteiger partial charge in [0.05, 0.1) is 15.1 Å². The van der Waals surface area contributed by atoms with Crippen LogP contribution < -0.4 is 5.32 Å². The van der Waals surface area contributed by atoms with Gasteiger partial charge in [0, 0.05) is 4.90 Å². The van der Waals surface area contributed by atoms with Crippen LogP contribution in [0.25, 0.3) is 10.2 Å². The van der Waals surface area contributed by atoms with E-state index in [1.807, 2.05) is 55.5 Å². The fourth-order valence-electron chi connectivity index (χ4n) is 2.48. The molecule has 1 N–H and O–H groups in total. The Morgan fingerprint density at radius 1 is 1.15 bits per heavy atom. The van der Waals surface area contributed by atoms with Gasteiger partial charge in [0.15, 0.2) is 10.2 Å². The molecule has 0 amide bonds. The zero-order valence-corrected chi connectivity index (χ0v) is 15.8. The second kappa shape index (κ2) is 7.29. The van der Waals surface area contributed by atoms with Gasteiger partial charge < -0.3 is 5.32 Å². The van der Waals surface area contributed by atoms with Gasteiger partial charge in [0.1, 0.15) is 6.33 Å². The Morgan fingerprint density at radius 3 is 2.74 bits per heavy atom. The van der Waals surface area contributed by atoms with Gasteiger partial charge >= 0.3 is 5.69 Å². The first-order valence-corrected chi connectivity index (χ1v) is 9.60. The number of hydrogen-bond acceptors (Lipinski definition) is 8. The lowest BCUT2D eigenvalue weighted by atomic mass is 10.2. The number of nitro groups is 1. The molecule has 4 aromatic rings. The molecule has 0 aliphatic carbocycles. The van der Waals surface area contributed by atoms with Gasteiger partial charge in [-0.05, 0) is 36.8 Å². The molecule has 0 aliphatic rings. The topological polar surface area (TPSA) is 93.8 Å².